The molecule has 0 unspecified atom stereocenters. The summed E-state index contributed by atoms with van der Waals surface area (Å²) in [6, 6.07) is 6.60. The molecule has 1 saturated carbocycles. The van der Waals surface area contributed by atoms with Crippen LogP contribution in [0.25, 0.3) is 0 Å². The lowest BCUT2D eigenvalue weighted by atomic mass is 10.1. The van der Waals surface area contributed by atoms with Gasteiger partial charge < -0.3 is 15.4 Å². The molecular formula is C22H27N3O4S. The SMILES string of the molecule is CCCCOC(=O)c1ccc(NC(=O)Cc2csc(NC(=O)C3CCCC3)n2)cc1. The van der Waals surface area contributed by atoms with Gasteiger partial charge in [-0.3, -0.25) is 9.59 Å². The summed E-state index contributed by atoms with van der Waals surface area (Å²) < 4.78 is 5.17. The summed E-state index contributed by atoms with van der Waals surface area (Å²) >= 11 is 1.32. The maximum Gasteiger partial charge on any atom is 0.338 e. The van der Waals surface area contributed by atoms with Crippen LogP contribution in [0.2, 0.25) is 0 Å². The summed E-state index contributed by atoms with van der Waals surface area (Å²) in [5.74, 6) is -0.484. The number of anilines is 2. The van der Waals surface area contributed by atoms with Gasteiger partial charge in [-0.1, -0.05) is 26.2 Å². The zero-order valence-electron chi connectivity index (χ0n) is 17.1. The van der Waals surface area contributed by atoms with Crippen molar-refractivity contribution in [3.63, 3.8) is 0 Å². The molecule has 2 N–H and O–H groups in total. The molecule has 0 bridgehead atoms. The van der Waals surface area contributed by atoms with Gasteiger partial charge in [0.2, 0.25) is 11.8 Å². The van der Waals surface area contributed by atoms with E-state index in [0.29, 0.717) is 28.7 Å². The molecule has 3 rings (SSSR count). The Balaban J connectivity index is 1.46. The zero-order chi connectivity index (χ0) is 21.3. The molecule has 30 heavy (non-hydrogen) atoms. The molecule has 160 valence electrons. The van der Waals surface area contributed by atoms with E-state index in [1.807, 2.05) is 6.92 Å². The molecule has 1 aliphatic carbocycles. The van der Waals surface area contributed by atoms with E-state index >= 15 is 0 Å². The summed E-state index contributed by atoms with van der Waals surface area (Å²) in [7, 11) is 0. The van der Waals surface area contributed by atoms with Crippen LogP contribution in [-0.4, -0.2) is 29.4 Å². The number of esters is 1. The molecule has 0 atom stereocenters. The predicted molar refractivity (Wildman–Crippen MR) is 117 cm³/mol. The fourth-order valence-corrected chi connectivity index (χ4v) is 4.01. The molecular weight excluding hydrogens is 402 g/mol. The Morgan fingerprint density at radius 1 is 1.13 bits per heavy atom. The van der Waals surface area contributed by atoms with Gasteiger partial charge in [-0.15, -0.1) is 11.3 Å². The minimum Gasteiger partial charge on any atom is -0.462 e. The molecule has 1 aromatic heterocycles. The lowest BCUT2D eigenvalue weighted by Gasteiger charge is -2.07. The number of unbranched alkanes of at least 4 members (excludes halogenated alkanes) is 1. The predicted octanol–water partition coefficient (Wildman–Crippen LogP) is 4.41. The maximum atomic E-state index is 12.3. The number of ether oxygens (including phenoxy) is 1. The normalized spacial score (nSPS) is 13.8. The van der Waals surface area contributed by atoms with E-state index in [-0.39, 0.29) is 30.1 Å². The third-order valence-corrected chi connectivity index (χ3v) is 5.79. The van der Waals surface area contributed by atoms with Crippen LogP contribution in [0.3, 0.4) is 0 Å². The zero-order valence-corrected chi connectivity index (χ0v) is 17.9. The maximum absolute atomic E-state index is 12.3. The minimum absolute atomic E-state index is 0.0196. The minimum atomic E-state index is -0.365. The van der Waals surface area contributed by atoms with Crippen molar-refractivity contribution >= 4 is 39.9 Å². The summed E-state index contributed by atoms with van der Waals surface area (Å²) in [4.78, 5) is 40.7. The molecule has 0 radical (unpaired) electrons. The van der Waals surface area contributed by atoms with Crippen LogP contribution in [0.15, 0.2) is 29.6 Å². The second-order valence-electron chi connectivity index (χ2n) is 7.41. The number of hydrogen-bond acceptors (Lipinski definition) is 6. The van der Waals surface area contributed by atoms with E-state index in [2.05, 4.69) is 15.6 Å². The second-order valence-corrected chi connectivity index (χ2v) is 8.26. The van der Waals surface area contributed by atoms with Gasteiger partial charge in [-0.25, -0.2) is 9.78 Å². The van der Waals surface area contributed by atoms with Crippen molar-refractivity contribution in [3.8, 4) is 0 Å². The molecule has 0 saturated heterocycles. The first-order valence-electron chi connectivity index (χ1n) is 10.4. The number of benzene rings is 1. The lowest BCUT2D eigenvalue weighted by molar-refractivity contribution is -0.119. The Bertz CT molecular complexity index is 873. The molecule has 1 aromatic carbocycles. The van der Waals surface area contributed by atoms with Crippen LogP contribution in [0.1, 0.15) is 61.5 Å². The van der Waals surface area contributed by atoms with Crippen molar-refractivity contribution in [2.75, 3.05) is 17.2 Å². The fraction of sp³-hybridized carbons (Fsp3) is 0.455. The Hall–Kier alpha value is -2.74. The van der Waals surface area contributed by atoms with Crippen LogP contribution in [0, 0.1) is 5.92 Å². The van der Waals surface area contributed by atoms with Crippen molar-refractivity contribution < 1.29 is 19.1 Å². The van der Waals surface area contributed by atoms with Crippen LogP contribution in [0.4, 0.5) is 10.8 Å². The van der Waals surface area contributed by atoms with Gasteiger partial charge in [0.25, 0.3) is 0 Å². The topological polar surface area (TPSA) is 97.4 Å². The third kappa shape index (κ3) is 6.38. The van der Waals surface area contributed by atoms with Gasteiger partial charge in [0.05, 0.1) is 24.3 Å². The van der Waals surface area contributed by atoms with Crippen LogP contribution in [0.5, 0.6) is 0 Å². The van der Waals surface area contributed by atoms with Crippen LogP contribution in [-0.2, 0) is 20.7 Å². The van der Waals surface area contributed by atoms with Crippen molar-refractivity contribution in [1.29, 1.82) is 0 Å². The van der Waals surface area contributed by atoms with E-state index in [1.165, 1.54) is 11.3 Å². The van der Waals surface area contributed by atoms with E-state index in [1.54, 1.807) is 29.6 Å². The van der Waals surface area contributed by atoms with Gasteiger partial charge in [0, 0.05) is 17.0 Å². The largest absolute Gasteiger partial charge is 0.462 e. The molecule has 2 amide bonds. The monoisotopic (exact) mass is 429 g/mol. The first kappa shape index (κ1) is 22.0. The highest BCUT2D eigenvalue weighted by Gasteiger charge is 2.23. The average molecular weight is 430 g/mol. The quantitative estimate of drug-likeness (QED) is 0.455. The van der Waals surface area contributed by atoms with E-state index in [0.717, 1.165) is 38.5 Å². The van der Waals surface area contributed by atoms with Gasteiger partial charge >= 0.3 is 5.97 Å². The molecule has 0 spiro atoms. The molecule has 8 heteroatoms. The van der Waals surface area contributed by atoms with Crippen molar-refractivity contribution in [3.05, 3.63) is 40.9 Å². The first-order valence-corrected chi connectivity index (χ1v) is 11.3. The summed E-state index contributed by atoms with van der Waals surface area (Å²) in [5, 5.41) is 7.95. The standard InChI is InChI=1S/C22H27N3O4S/c1-2-3-12-29-21(28)16-8-10-17(11-9-16)23-19(26)13-18-14-30-22(24-18)25-20(27)15-6-4-5-7-15/h8-11,14-15H,2-7,12-13H2,1H3,(H,23,26)(H,24,25,27). The number of aromatic nitrogens is 1. The van der Waals surface area contributed by atoms with E-state index in [4.69, 9.17) is 4.74 Å². The number of rotatable bonds is 9. The molecule has 2 aromatic rings. The van der Waals surface area contributed by atoms with Crippen molar-refractivity contribution in [2.45, 2.75) is 51.9 Å². The second kappa shape index (κ2) is 10.9. The highest BCUT2D eigenvalue weighted by atomic mass is 32.1. The summed E-state index contributed by atoms with van der Waals surface area (Å²) in [6.45, 7) is 2.44. The first-order chi connectivity index (χ1) is 14.5. The number of carbonyl (C=O) groups is 3. The van der Waals surface area contributed by atoms with E-state index < -0.39 is 0 Å². The highest BCUT2D eigenvalue weighted by molar-refractivity contribution is 7.13. The van der Waals surface area contributed by atoms with Crippen LogP contribution >= 0.6 is 11.3 Å². The van der Waals surface area contributed by atoms with Crippen LogP contribution < -0.4 is 10.6 Å². The number of amides is 2. The molecule has 1 fully saturated rings. The summed E-state index contributed by atoms with van der Waals surface area (Å²) in [5.41, 5.74) is 1.65. The average Bonchev–Trinajstić information content (AvgIpc) is 3.41. The van der Waals surface area contributed by atoms with Gasteiger partial charge in [-0.2, -0.15) is 0 Å². The highest BCUT2D eigenvalue weighted by Crippen LogP contribution is 2.26. The smallest absolute Gasteiger partial charge is 0.338 e. The lowest BCUT2D eigenvalue weighted by Crippen LogP contribution is -2.20. The number of hydrogen-bond donors (Lipinski definition) is 2. The van der Waals surface area contributed by atoms with E-state index in [9.17, 15) is 14.4 Å². The molecule has 0 aliphatic heterocycles. The third-order valence-electron chi connectivity index (χ3n) is 4.98. The van der Waals surface area contributed by atoms with Crippen molar-refractivity contribution in [2.24, 2.45) is 5.92 Å². The van der Waals surface area contributed by atoms with Gasteiger partial charge in [0.1, 0.15) is 0 Å². The Kier molecular flexibility index (Phi) is 7.96. The number of nitrogens with one attached hydrogen (secondary N) is 2. The van der Waals surface area contributed by atoms with Gasteiger partial charge in [-0.05, 0) is 43.5 Å². The fourth-order valence-electron chi connectivity index (χ4n) is 3.29. The molecule has 7 nitrogen and oxygen atoms in total. The van der Waals surface area contributed by atoms with Crippen molar-refractivity contribution in [1.82, 2.24) is 4.98 Å². The number of carbonyl (C=O) groups excluding carboxylic acids is 3. The number of thiazole rings is 1. The molecule has 1 aliphatic rings. The Labute approximate surface area is 180 Å². The van der Waals surface area contributed by atoms with Gasteiger partial charge in [0.15, 0.2) is 5.13 Å². The number of nitrogens with zero attached hydrogens (tertiary/aromatic N) is 1. The Morgan fingerprint density at radius 2 is 1.87 bits per heavy atom. The Morgan fingerprint density at radius 3 is 2.57 bits per heavy atom. The summed E-state index contributed by atoms with van der Waals surface area (Å²) in [6.07, 6.45) is 5.97. The molecule has 1 heterocycles.